The molecule has 2 amide bonds. The number of halogens is 1. The second-order valence-corrected chi connectivity index (χ2v) is 10.7. The van der Waals surface area contributed by atoms with Gasteiger partial charge in [0.25, 0.3) is 5.91 Å². The molecule has 2 aromatic rings. The van der Waals surface area contributed by atoms with Crippen molar-refractivity contribution in [1.82, 2.24) is 4.31 Å². The molecule has 2 aliphatic rings. The maximum absolute atomic E-state index is 13.5. The number of nitrogens with zero attached hydrogens (tertiary/aromatic N) is 1. The van der Waals surface area contributed by atoms with E-state index in [1.165, 1.54) is 10.4 Å². The van der Waals surface area contributed by atoms with Crippen LogP contribution in [0.5, 0.6) is 5.75 Å². The lowest BCUT2D eigenvalue weighted by Gasteiger charge is -2.32. The highest BCUT2D eigenvalue weighted by Crippen LogP contribution is 2.36. The number of benzene rings is 2. The number of carbonyl (C=O) groups is 2. The normalized spacial score (nSPS) is 21.0. The molecule has 4 rings (SSSR count). The molecule has 10 heteroatoms. The van der Waals surface area contributed by atoms with Crippen molar-refractivity contribution < 1.29 is 22.7 Å². The molecule has 0 radical (unpaired) electrons. The number of rotatable bonds is 5. The van der Waals surface area contributed by atoms with Crippen molar-refractivity contribution in [3.63, 3.8) is 0 Å². The summed E-state index contributed by atoms with van der Waals surface area (Å²) >= 11 is 5.98. The third-order valence-electron chi connectivity index (χ3n) is 5.93. The number of anilines is 2. The Morgan fingerprint density at radius 2 is 2.09 bits per heavy atom. The highest BCUT2D eigenvalue weighted by molar-refractivity contribution is 7.89. The molecule has 0 bridgehead atoms. The fourth-order valence-corrected chi connectivity index (χ4v) is 6.09. The van der Waals surface area contributed by atoms with Crippen LogP contribution in [0.3, 0.4) is 0 Å². The summed E-state index contributed by atoms with van der Waals surface area (Å²) in [6.07, 6.45) is 0.970. The number of fused-ring (bicyclic) bond motifs is 1. The van der Waals surface area contributed by atoms with Crippen LogP contribution >= 0.6 is 11.6 Å². The fraction of sp³-hybridized carbons (Fsp3) is 0.391. The number of aryl methyl sites for hydroxylation is 1. The summed E-state index contributed by atoms with van der Waals surface area (Å²) in [4.78, 5) is 25.0. The Morgan fingerprint density at radius 1 is 1.30 bits per heavy atom. The molecule has 0 unspecified atom stereocenters. The van der Waals surface area contributed by atoms with Crippen LogP contribution in [-0.2, 0) is 19.6 Å². The van der Waals surface area contributed by atoms with Gasteiger partial charge in [-0.25, -0.2) is 8.42 Å². The molecule has 2 atom stereocenters. The second-order valence-electron chi connectivity index (χ2n) is 8.32. The van der Waals surface area contributed by atoms with E-state index in [0.29, 0.717) is 53.5 Å². The first-order valence-corrected chi connectivity index (χ1v) is 12.7. The lowest BCUT2D eigenvalue weighted by atomic mass is 9.99. The Hall–Kier alpha value is -2.62. The zero-order valence-corrected chi connectivity index (χ0v) is 20.0. The van der Waals surface area contributed by atoms with Crippen LogP contribution in [0.25, 0.3) is 0 Å². The van der Waals surface area contributed by atoms with Crippen LogP contribution in [0.1, 0.15) is 31.7 Å². The molecule has 0 aromatic heterocycles. The first-order chi connectivity index (χ1) is 15.7. The minimum Gasteiger partial charge on any atom is -0.478 e. The molecule has 8 nitrogen and oxygen atoms in total. The van der Waals surface area contributed by atoms with Crippen LogP contribution in [0.15, 0.2) is 41.3 Å². The molecule has 2 heterocycles. The van der Waals surface area contributed by atoms with E-state index in [-0.39, 0.29) is 23.3 Å². The predicted molar refractivity (Wildman–Crippen MR) is 126 cm³/mol. The van der Waals surface area contributed by atoms with E-state index < -0.39 is 22.0 Å². The van der Waals surface area contributed by atoms with Crippen molar-refractivity contribution in [2.75, 3.05) is 23.7 Å². The van der Waals surface area contributed by atoms with Gasteiger partial charge in [0.15, 0.2) is 6.10 Å². The maximum atomic E-state index is 13.5. The van der Waals surface area contributed by atoms with Gasteiger partial charge in [-0.3, -0.25) is 9.59 Å². The topological polar surface area (TPSA) is 105 Å². The number of carbonyl (C=O) groups excluding carboxylic acids is 2. The van der Waals surface area contributed by atoms with Crippen molar-refractivity contribution in [2.24, 2.45) is 5.92 Å². The summed E-state index contributed by atoms with van der Waals surface area (Å²) in [6.45, 7) is 3.91. The maximum Gasteiger partial charge on any atom is 0.265 e. The number of ether oxygens (including phenoxy) is 1. The molecular weight excluding hydrogens is 466 g/mol. The largest absolute Gasteiger partial charge is 0.478 e. The third-order valence-corrected chi connectivity index (χ3v) is 8.17. The molecule has 2 aliphatic heterocycles. The number of amides is 2. The zero-order chi connectivity index (χ0) is 23.8. The smallest absolute Gasteiger partial charge is 0.265 e. The highest BCUT2D eigenvalue weighted by Gasteiger charge is 2.36. The average molecular weight is 492 g/mol. The molecule has 176 valence electrons. The summed E-state index contributed by atoms with van der Waals surface area (Å²) in [6, 6.07) is 9.92. The van der Waals surface area contributed by atoms with Crippen molar-refractivity contribution in [1.29, 1.82) is 0 Å². The van der Waals surface area contributed by atoms with Crippen LogP contribution in [0.2, 0.25) is 5.02 Å². The van der Waals surface area contributed by atoms with Crippen LogP contribution in [-0.4, -0.2) is 43.7 Å². The summed E-state index contributed by atoms with van der Waals surface area (Å²) < 4.78 is 34.1. The molecule has 2 N–H and O–H groups in total. The van der Waals surface area contributed by atoms with Gasteiger partial charge in [0.05, 0.1) is 16.5 Å². The zero-order valence-electron chi connectivity index (χ0n) is 18.4. The molecule has 0 saturated carbocycles. The highest BCUT2D eigenvalue weighted by atomic mass is 35.5. The van der Waals surface area contributed by atoms with E-state index in [9.17, 15) is 18.0 Å². The number of hydrogen-bond donors (Lipinski definition) is 2. The van der Waals surface area contributed by atoms with E-state index in [1.54, 1.807) is 37.3 Å². The Morgan fingerprint density at radius 3 is 2.82 bits per heavy atom. The minimum atomic E-state index is -3.87. The van der Waals surface area contributed by atoms with E-state index in [1.807, 2.05) is 6.92 Å². The molecule has 0 aliphatic carbocycles. The number of nitrogens with one attached hydrogen (secondary N) is 2. The van der Waals surface area contributed by atoms with Gasteiger partial charge >= 0.3 is 0 Å². The summed E-state index contributed by atoms with van der Waals surface area (Å²) in [7, 11) is -3.87. The van der Waals surface area contributed by atoms with Crippen molar-refractivity contribution in [3.05, 3.63) is 47.0 Å². The van der Waals surface area contributed by atoms with Crippen molar-refractivity contribution >= 4 is 44.8 Å². The van der Waals surface area contributed by atoms with E-state index in [2.05, 4.69) is 10.6 Å². The predicted octanol–water partition coefficient (Wildman–Crippen LogP) is 3.80. The lowest BCUT2D eigenvalue weighted by molar-refractivity contribution is -0.123. The molecule has 33 heavy (non-hydrogen) atoms. The van der Waals surface area contributed by atoms with Gasteiger partial charge in [0.1, 0.15) is 5.75 Å². The fourth-order valence-electron chi connectivity index (χ4n) is 4.16. The lowest BCUT2D eigenvalue weighted by Crippen LogP contribution is -2.44. The Balaban J connectivity index is 1.55. The van der Waals surface area contributed by atoms with Crippen molar-refractivity contribution in [2.45, 2.75) is 44.1 Å². The molecule has 1 fully saturated rings. The molecule has 2 aromatic carbocycles. The SMILES string of the molecule is CC[C@@H]1Oc2cc(S(=O)(=O)N3CCC[C@@H](C(=O)Nc4cccc(Cl)c4)C3)c(C)cc2NC1=O. The summed E-state index contributed by atoms with van der Waals surface area (Å²) in [5, 5.41) is 6.11. The van der Waals surface area contributed by atoms with Gasteiger partial charge in [-0.2, -0.15) is 4.31 Å². The molecule has 0 spiro atoms. The second kappa shape index (κ2) is 9.32. The summed E-state index contributed by atoms with van der Waals surface area (Å²) in [5.74, 6) is -0.635. The Kier molecular flexibility index (Phi) is 6.65. The van der Waals surface area contributed by atoms with Gasteiger partial charge in [-0.15, -0.1) is 0 Å². The minimum absolute atomic E-state index is 0.0838. The third kappa shape index (κ3) is 4.85. The van der Waals surface area contributed by atoms with Gasteiger partial charge in [0.2, 0.25) is 15.9 Å². The number of piperidine rings is 1. The first-order valence-electron chi connectivity index (χ1n) is 10.9. The van der Waals surface area contributed by atoms with E-state index in [4.69, 9.17) is 16.3 Å². The van der Waals surface area contributed by atoms with Gasteiger partial charge < -0.3 is 15.4 Å². The quantitative estimate of drug-likeness (QED) is 0.662. The van der Waals surface area contributed by atoms with Gasteiger partial charge in [0, 0.05) is 29.9 Å². The average Bonchev–Trinajstić information content (AvgIpc) is 2.78. The molecule has 1 saturated heterocycles. The van der Waals surface area contributed by atoms with Crippen LogP contribution < -0.4 is 15.4 Å². The van der Waals surface area contributed by atoms with Gasteiger partial charge in [-0.05, 0) is 56.0 Å². The number of hydrogen-bond acceptors (Lipinski definition) is 5. The van der Waals surface area contributed by atoms with Crippen LogP contribution in [0.4, 0.5) is 11.4 Å². The van der Waals surface area contributed by atoms with Gasteiger partial charge in [-0.1, -0.05) is 24.6 Å². The van der Waals surface area contributed by atoms with Crippen molar-refractivity contribution in [3.8, 4) is 5.75 Å². The first kappa shape index (κ1) is 23.5. The molecular formula is C23H26ClN3O5S. The number of sulfonamides is 1. The Labute approximate surface area is 198 Å². The van der Waals surface area contributed by atoms with Crippen LogP contribution in [0, 0.1) is 12.8 Å². The van der Waals surface area contributed by atoms with E-state index >= 15 is 0 Å². The van der Waals surface area contributed by atoms with E-state index in [0.717, 1.165) is 0 Å². The summed E-state index contributed by atoms with van der Waals surface area (Å²) in [5.41, 5.74) is 1.53. The Bertz CT molecular complexity index is 1200. The standard InChI is InChI=1S/C23H26ClN3O5S/c1-3-19-23(29)26-18-10-14(2)21(12-20(18)32-19)33(30,31)27-9-5-6-15(13-27)22(28)25-17-8-4-7-16(24)11-17/h4,7-8,10-12,15,19H,3,5-6,9,13H2,1-2H3,(H,25,28)(H,26,29)/t15-,19+/m1/s1. The monoisotopic (exact) mass is 491 g/mol.